The second-order valence-electron chi connectivity index (χ2n) is 9.03. The molecule has 1 unspecified atom stereocenters. The molecule has 0 aliphatic carbocycles. The monoisotopic (exact) mass is 605 g/mol. The van der Waals surface area contributed by atoms with E-state index in [9.17, 15) is 18.0 Å². The summed E-state index contributed by atoms with van der Waals surface area (Å²) in [5.74, 6) is -0.353. The molecule has 0 aliphatic rings. The van der Waals surface area contributed by atoms with Crippen LogP contribution in [0, 0.1) is 0 Å². The van der Waals surface area contributed by atoms with Gasteiger partial charge in [0, 0.05) is 23.1 Å². The number of amides is 2. The van der Waals surface area contributed by atoms with Gasteiger partial charge in [-0.1, -0.05) is 49.2 Å². The van der Waals surface area contributed by atoms with E-state index in [1.54, 1.807) is 36.4 Å². The van der Waals surface area contributed by atoms with Gasteiger partial charge in [0.15, 0.2) is 0 Å². The molecule has 1 N–H and O–H groups in total. The van der Waals surface area contributed by atoms with E-state index >= 15 is 0 Å². The van der Waals surface area contributed by atoms with E-state index < -0.39 is 28.5 Å². The zero-order valence-corrected chi connectivity index (χ0v) is 25.0. The molecule has 1 atom stereocenters. The molecule has 0 spiro atoms. The third kappa shape index (κ3) is 7.90. The van der Waals surface area contributed by atoms with Gasteiger partial charge in [-0.05, 0) is 79.1 Å². The highest BCUT2D eigenvalue weighted by Crippen LogP contribution is 2.27. The average Bonchev–Trinajstić information content (AvgIpc) is 2.96. The van der Waals surface area contributed by atoms with Crippen LogP contribution in [-0.2, 0) is 26.2 Å². The van der Waals surface area contributed by atoms with Gasteiger partial charge in [-0.2, -0.15) is 0 Å². The maximum Gasteiger partial charge on any atom is 0.264 e. The van der Waals surface area contributed by atoms with E-state index in [0.717, 1.165) is 16.3 Å². The number of benzene rings is 3. The number of methoxy groups -OCH3 is 1. The van der Waals surface area contributed by atoms with Crippen molar-refractivity contribution >= 4 is 50.7 Å². The van der Waals surface area contributed by atoms with Gasteiger partial charge < -0.3 is 15.0 Å². The Labute approximate surface area is 245 Å². The van der Waals surface area contributed by atoms with Crippen molar-refractivity contribution in [3.8, 4) is 5.75 Å². The Morgan fingerprint density at radius 3 is 2.00 bits per heavy atom. The summed E-state index contributed by atoms with van der Waals surface area (Å²) in [4.78, 5) is 28.5. The summed E-state index contributed by atoms with van der Waals surface area (Å²) >= 11 is 12.1. The highest BCUT2D eigenvalue weighted by molar-refractivity contribution is 7.92. The molecular weight excluding hydrogens is 573 g/mol. The summed E-state index contributed by atoms with van der Waals surface area (Å²) in [7, 11) is -2.71. The third-order valence-corrected chi connectivity index (χ3v) is 8.53. The number of ether oxygens (including phenoxy) is 1. The number of carbonyl (C=O) groups excluding carboxylic acids is 2. The predicted molar refractivity (Wildman–Crippen MR) is 158 cm³/mol. The van der Waals surface area contributed by atoms with Crippen LogP contribution < -0.4 is 14.4 Å². The van der Waals surface area contributed by atoms with E-state index in [1.165, 1.54) is 48.4 Å². The zero-order chi connectivity index (χ0) is 29.3. The lowest BCUT2D eigenvalue weighted by molar-refractivity contribution is -0.140. The van der Waals surface area contributed by atoms with Crippen LogP contribution in [0.3, 0.4) is 0 Å². The number of sulfonamides is 1. The number of carbonyl (C=O) groups is 2. The Hall–Kier alpha value is -3.27. The van der Waals surface area contributed by atoms with Crippen LogP contribution >= 0.6 is 23.2 Å². The van der Waals surface area contributed by atoms with E-state index in [-0.39, 0.29) is 23.0 Å². The van der Waals surface area contributed by atoms with E-state index in [1.807, 2.05) is 13.8 Å². The van der Waals surface area contributed by atoms with Crippen molar-refractivity contribution in [1.29, 1.82) is 0 Å². The maximum atomic E-state index is 14.0. The molecule has 2 amide bonds. The SMILES string of the molecule is CCCNC(=O)C(CC)N(Cc1ccc(Cl)cc1)C(=O)CN(c1ccc(Cl)cc1)S(=O)(=O)c1ccc(OC)cc1. The Bertz CT molecular complexity index is 1380. The minimum Gasteiger partial charge on any atom is -0.497 e. The molecule has 8 nitrogen and oxygen atoms in total. The molecule has 40 heavy (non-hydrogen) atoms. The van der Waals surface area contributed by atoms with Gasteiger partial charge in [0.25, 0.3) is 10.0 Å². The van der Waals surface area contributed by atoms with Crippen LogP contribution in [0.1, 0.15) is 32.3 Å². The number of nitrogens with one attached hydrogen (secondary N) is 1. The van der Waals surface area contributed by atoms with Gasteiger partial charge in [-0.3, -0.25) is 13.9 Å². The van der Waals surface area contributed by atoms with E-state index in [4.69, 9.17) is 27.9 Å². The first kappa shape index (κ1) is 31.3. The van der Waals surface area contributed by atoms with Gasteiger partial charge >= 0.3 is 0 Å². The highest BCUT2D eigenvalue weighted by atomic mass is 35.5. The topological polar surface area (TPSA) is 96.0 Å². The zero-order valence-electron chi connectivity index (χ0n) is 22.6. The number of anilines is 1. The summed E-state index contributed by atoms with van der Waals surface area (Å²) in [6, 6.07) is 18.2. The van der Waals surface area contributed by atoms with E-state index in [2.05, 4.69) is 5.32 Å². The molecule has 0 bridgehead atoms. The van der Waals surface area contributed by atoms with Crippen molar-refractivity contribution in [3.05, 3.63) is 88.4 Å². The molecule has 0 fully saturated rings. The minimum atomic E-state index is -4.20. The summed E-state index contributed by atoms with van der Waals surface area (Å²) in [6.07, 6.45) is 1.07. The van der Waals surface area contributed by atoms with Crippen LogP contribution in [0.15, 0.2) is 77.7 Å². The average molecular weight is 607 g/mol. The minimum absolute atomic E-state index is 0.0203. The van der Waals surface area contributed by atoms with Crippen LogP contribution in [0.5, 0.6) is 5.75 Å². The third-order valence-electron chi connectivity index (χ3n) is 6.24. The highest BCUT2D eigenvalue weighted by Gasteiger charge is 2.33. The number of hydrogen-bond acceptors (Lipinski definition) is 5. The van der Waals surface area contributed by atoms with Crippen molar-refractivity contribution in [1.82, 2.24) is 10.2 Å². The van der Waals surface area contributed by atoms with Crippen molar-refractivity contribution in [2.45, 2.75) is 44.2 Å². The van der Waals surface area contributed by atoms with E-state index in [0.29, 0.717) is 28.8 Å². The number of rotatable bonds is 13. The normalized spacial score (nSPS) is 11.9. The Morgan fingerprint density at radius 2 is 1.48 bits per heavy atom. The Kier molecular flexibility index (Phi) is 11.2. The van der Waals surface area contributed by atoms with Gasteiger partial charge in [0.1, 0.15) is 18.3 Å². The maximum absolute atomic E-state index is 14.0. The van der Waals surface area contributed by atoms with Gasteiger partial charge in [-0.15, -0.1) is 0 Å². The fourth-order valence-corrected chi connectivity index (χ4v) is 5.75. The molecule has 11 heteroatoms. The molecule has 0 saturated carbocycles. The number of hydrogen-bond donors (Lipinski definition) is 1. The Morgan fingerprint density at radius 1 is 0.900 bits per heavy atom. The lowest BCUT2D eigenvalue weighted by Crippen LogP contribution is -2.52. The fourth-order valence-electron chi connectivity index (χ4n) is 4.08. The molecule has 3 aromatic carbocycles. The van der Waals surface area contributed by atoms with Crippen molar-refractivity contribution in [2.75, 3.05) is 24.5 Å². The van der Waals surface area contributed by atoms with Gasteiger partial charge in [-0.25, -0.2) is 8.42 Å². The fraction of sp³-hybridized carbons (Fsp3) is 0.310. The number of nitrogens with zero attached hydrogens (tertiary/aromatic N) is 2. The first-order valence-corrected chi connectivity index (χ1v) is 15.0. The summed E-state index contributed by atoms with van der Waals surface area (Å²) in [6.45, 7) is 3.75. The van der Waals surface area contributed by atoms with Crippen molar-refractivity contribution in [2.24, 2.45) is 0 Å². The van der Waals surface area contributed by atoms with Gasteiger partial charge in [0.2, 0.25) is 11.8 Å². The predicted octanol–water partition coefficient (Wildman–Crippen LogP) is 5.53. The van der Waals surface area contributed by atoms with Gasteiger partial charge in [0.05, 0.1) is 17.7 Å². The standard InChI is InChI=1S/C29H33Cl2N3O5S/c1-4-18-32-29(36)27(5-2)33(19-21-6-8-22(30)9-7-21)28(35)20-34(24-12-10-23(31)11-13-24)40(37,38)26-16-14-25(39-3)15-17-26/h6-17,27H,4-5,18-20H2,1-3H3,(H,32,36). The number of halogens is 2. The lowest BCUT2D eigenvalue weighted by atomic mass is 10.1. The molecule has 0 aromatic heterocycles. The molecule has 0 radical (unpaired) electrons. The molecule has 0 aliphatic heterocycles. The first-order valence-electron chi connectivity index (χ1n) is 12.8. The summed E-state index contributed by atoms with van der Waals surface area (Å²) in [5.41, 5.74) is 0.999. The summed E-state index contributed by atoms with van der Waals surface area (Å²) < 4.78 is 33.9. The van der Waals surface area contributed by atoms with Crippen LogP contribution in [0.2, 0.25) is 10.0 Å². The first-order chi connectivity index (χ1) is 19.1. The second kappa shape index (κ2) is 14.4. The Balaban J connectivity index is 2.04. The smallest absolute Gasteiger partial charge is 0.264 e. The van der Waals surface area contributed by atoms with Crippen LogP contribution in [-0.4, -0.2) is 51.4 Å². The lowest BCUT2D eigenvalue weighted by Gasteiger charge is -2.33. The molecule has 3 rings (SSSR count). The second-order valence-corrected chi connectivity index (χ2v) is 11.8. The largest absolute Gasteiger partial charge is 0.497 e. The van der Waals surface area contributed by atoms with Crippen molar-refractivity contribution < 1.29 is 22.7 Å². The molecule has 3 aromatic rings. The van der Waals surface area contributed by atoms with Crippen LogP contribution in [0.4, 0.5) is 5.69 Å². The molecule has 0 saturated heterocycles. The molecule has 214 valence electrons. The molecular formula is C29H33Cl2N3O5S. The van der Waals surface area contributed by atoms with Crippen LogP contribution in [0.25, 0.3) is 0 Å². The quantitative estimate of drug-likeness (QED) is 0.276. The molecule has 0 heterocycles. The van der Waals surface area contributed by atoms with Crippen molar-refractivity contribution in [3.63, 3.8) is 0 Å². The summed E-state index contributed by atoms with van der Waals surface area (Å²) in [5, 5.41) is 3.81.